The van der Waals surface area contributed by atoms with Gasteiger partial charge < -0.3 is 10.1 Å². The van der Waals surface area contributed by atoms with Gasteiger partial charge in [0.2, 0.25) is 0 Å². The molecule has 19 heavy (non-hydrogen) atoms. The lowest BCUT2D eigenvalue weighted by Gasteiger charge is -2.21. The first-order chi connectivity index (χ1) is 9.19. The normalized spacial score (nSPS) is 16.6. The molecule has 0 aliphatic heterocycles. The molecule has 104 valence electrons. The summed E-state index contributed by atoms with van der Waals surface area (Å²) in [5.74, 6) is 2.04. The molecule has 0 unspecified atom stereocenters. The summed E-state index contributed by atoms with van der Waals surface area (Å²) < 4.78 is 5.26. The number of carbonyl (C=O) groups is 1. The lowest BCUT2D eigenvalue weighted by atomic mass is 9.88. The van der Waals surface area contributed by atoms with Crippen molar-refractivity contribution in [3.63, 3.8) is 0 Å². The van der Waals surface area contributed by atoms with Gasteiger partial charge in [-0.1, -0.05) is 12.1 Å². The van der Waals surface area contributed by atoms with Crippen LogP contribution in [-0.4, -0.2) is 19.4 Å². The first-order valence-electron chi connectivity index (χ1n) is 7.05. The van der Waals surface area contributed by atoms with E-state index >= 15 is 0 Å². The Morgan fingerprint density at radius 1 is 1.32 bits per heavy atom. The van der Waals surface area contributed by atoms with Crippen LogP contribution < -0.4 is 10.1 Å². The van der Waals surface area contributed by atoms with Crippen LogP contribution in [0.15, 0.2) is 18.2 Å². The van der Waals surface area contributed by atoms with E-state index in [9.17, 15) is 4.79 Å². The maximum absolute atomic E-state index is 11.2. The second-order valence-electron chi connectivity index (χ2n) is 5.42. The minimum absolute atomic E-state index is 0.432. The number of methoxy groups -OCH3 is 1. The molecule has 0 spiro atoms. The average Bonchev–Trinajstić information content (AvgIpc) is 2.41. The van der Waals surface area contributed by atoms with E-state index in [2.05, 4.69) is 24.4 Å². The van der Waals surface area contributed by atoms with Gasteiger partial charge in [-0.3, -0.25) is 4.79 Å². The van der Waals surface area contributed by atoms with Crippen molar-refractivity contribution < 1.29 is 9.53 Å². The molecule has 0 bridgehead atoms. The molecule has 1 N–H and O–H groups in total. The number of Topliss-reactive ketones (excluding diaryl/α,β-unsaturated/α-hetero) is 1. The number of ketones is 1. The fourth-order valence-electron chi connectivity index (χ4n) is 2.67. The van der Waals surface area contributed by atoms with Gasteiger partial charge in [-0.2, -0.15) is 0 Å². The van der Waals surface area contributed by atoms with Crippen LogP contribution in [0.4, 0.5) is 0 Å². The van der Waals surface area contributed by atoms with E-state index in [4.69, 9.17) is 4.74 Å². The van der Waals surface area contributed by atoms with Crippen LogP contribution in [0.25, 0.3) is 0 Å². The Morgan fingerprint density at radius 2 is 2.05 bits per heavy atom. The van der Waals surface area contributed by atoms with Crippen LogP contribution >= 0.6 is 0 Å². The maximum atomic E-state index is 11.2. The first kappa shape index (κ1) is 14.1. The highest BCUT2D eigenvalue weighted by Crippen LogP contribution is 2.21. The number of carbonyl (C=O) groups excluding carboxylic acids is 1. The van der Waals surface area contributed by atoms with Crippen molar-refractivity contribution in [2.75, 3.05) is 13.7 Å². The van der Waals surface area contributed by atoms with Crippen molar-refractivity contribution >= 4 is 5.78 Å². The summed E-state index contributed by atoms with van der Waals surface area (Å²) in [4.78, 5) is 11.2. The van der Waals surface area contributed by atoms with E-state index in [1.807, 2.05) is 6.07 Å². The quantitative estimate of drug-likeness (QED) is 0.885. The van der Waals surface area contributed by atoms with Crippen LogP contribution in [0.3, 0.4) is 0 Å². The van der Waals surface area contributed by atoms with Crippen LogP contribution in [0.1, 0.15) is 36.8 Å². The summed E-state index contributed by atoms with van der Waals surface area (Å²) in [6, 6.07) is 6.28. The second kappa shape index (κ2) is 6.71. The van der Waals surface area contributed by atoms with E-state index in [0.717, 1.165) is 44.5 Å². The number of ether oxygens (including phenoxy) is 1. The number of rotatable bonds is 5. The molecule has 0 heterocycles. The predicted octanol–water partition coefficient (Wildman–Crippen LogP) is 2.85. The van der Waals surface area contributed by atoms with Crippen LogP contribution in [-0.2, 0) is 11.3 Å². The van der Waals surface area contributed by atoms with Gasteiger partial charge in [0.25, 0.3) is 0 Å². The zero-order valence-electron chi connectivity index (χ0n) is 11.9. The highest BCUT2D eigenvalue weighted by molar-refractivity contribution is 5.79. The van der Waals surface area contributed by atoms with Crippen molar-refractivity contribution in [1.82, 2.24) is 5.32 Å². The summed E-state index contributed by atoms with van der Waals surface area (Å²) in [6.45, 7) is 3.96. The van der Waals surface area contributed by atoms with Crippen molar-refractivity contribution in [2.24, 2.45) is 5.92 Å². The Kier molecular flexibility index (Phi) is 4.97. The zero-order valence-corrected chi connectivity index (χ0v) is 11.9. The molecule has 1 fully saturated rings. The monoisotopic (exact) mass is 261 g/mol. The Hall–Kier alpha value is -1.35. The molecule has 0 amide bonds. The SMILES string of the molecule is COc1ccc(CNCC2CCC(=O)CC2)cc1C. The van der Waals surface area contributed by atoms with Crippen LogP contribution in [0, 0.1) is 12.8 Å². The predicted molar refractivity (Wildman–Crippen MR) is 76.4 cm³/mol. The lowest BCUT2D eigenvalue weighted by molar-refractivity contribution is -0.120. The van der Waals surface area contributed by atoms with Crippen LogP contribution in [0.2, 0.25) is 0 Å². The molecule has 0 atom stereocenters. The van der Waals surface area contributed by atoms with Gasteiger partial charge in [0.05, 0.1) is 7.11 Å². The van der Waals surface area contributed by atoms with Gasteiger partial charge in [0.1, 0.15) is 11.5 Å². The molecule has 1 aliphatic carbocycles. The largest absolute Gasteiger partial charge is 0.496 e. The fraction of sp³-hybridized carbons (Fsp3) is 0.562. The van der Waals surface area contributed by atoms with Crippen molar-refractivity contribution in [3.05, 3.63) is 29.3 Å². The van der Waals surface area contributed by atoms with Crippen molar-refractivity contribution in [2.45, 2.75) is 39.2 Å². The van der Waals surface area contributed by atoms with Crippen molar-refractivity contribution in [1.29, 1.82) is 0 Å². The third kappa shape index (κ3) is 4.06. The highest BCUT2D eigenvalue weighted by Gasteiger charge is 2.17. The molecular weight excluding hydrogens is 238 g/mol. The van der Waals surface area contributed by atoms with Crippen molar-refractivity contribution in [3.8, 4) is 5.75 Å². The summed E-state index contributed by atoms with van der Waals surface area (Å²) in [6.07, 6.45) is 3.64. The molecule has 3 nitrogen and oxygen atoms in total. The molecule has 1 aromatic carbocycles. The molecule has 1 saturated carbocycles. The first-order valence-corrected chi connectivity index (χ1v) is 7.05. The van der Waals surface area contributed by atoms with Gasteiger partial charge in [0, 0.05) is 19.4 Å². The summed E-state index contributed by atoms with van der Waals surface area (Å²) in [7, 11) is 1.70. The Bertz CT molecular complexity index is 432. The molecule has 0 aromatic heterocycles. The Morgan fingerprint density at radius 3 is 2.68 bits per heavy atom. The number of aryl methyl sites for hydroxylation is 1. The molecule has 0 radical (unpaired) electrons. The second-order valence-corrected chi connectivity index (χ2v) is 5.42. The molecule has 1 aromatic rings. The average molecular weight is 261 g/mol. The van der Waals surface area contributed by atoms with Gasteiger partial charge in [-0.05, 0) is 49.4 Å². The van der Waals surface area contributed by atoms with E-state index in [1.165, 1.54) is 11.1 Å². The molecular formula is C16H23NO2. The standard InChI is InChI=1S/C16H23NO2/c1-12-9-14(5-8-16(12)19-2)11-17-10-13-3-6-15(18)7-4-13/h5,8-9,13,17H,3-4,6-7,10-11H2,1-2H3. The molecule has 1 aliphatic rings. The Labute approximate surface area is 115 Å². The minimum atomic E-state index is 0.432. The van der Waals surface area contributed by atoms with Crippen LogP contribution in [0.5, 0.6) is 5.75 Å². The molecule has 0 saturated heterocycles. The fourth-order valence-corrected chi connectivity index (χ4v) is 2.67. The van der Waals surface area contributed by atoms with Gasteiger partial charge >= 0.3 is 0 Å². The van der Waals surface area contributed by atoms with E-state index in [-0.39, 0.29) is 0 Å². The topological polar surface area (TPSA) is 38.3 Å². The van der Waals surface area contributed by atoms with E-state index in [0.29, 0.717) is 11.7 Å². The molecule has 2 rings (SSSR count). The maximum Gasteiger partial charge on any atom is 0.132 e. The zero-order chi connectivity index (χ0) is 13.7. The third-order valence-corrected chi connectivity index (χ3v) is 3.88. The number of hydrogen-bond donors (Lipinski definition) is 1. The highest BCUT2D eigenvalue weighted by atomic mass is 16.5. The number of benzene rings is 1. The molecule has 3 heteroatoms. The number of hydrogen-bond acceptors (Lipinski definition) is 3. The lowest BCUT2D eigenvalue weighted by Crippen LogP contribution is -2.26. The van der Waals surface area contributed by atoms with Gasteiger partial charge in [0.15, 0.2) is 0 Å². The van der Waals surface area contributed by atoms with Gasteiger partial charge in [-0.25, -0.2) is 0 Å². The smallest absolute Gasteiger partial charge is 0.132 e. The minimum Gasteiger partial charge on any atom is -0.496 e. The third-order valence-electron chi connectivity index (χ3n) is 3.88. The summed E-state index contributed by atoms with van der Waals surface area (Å²) in [5, 5.41) is 3.50. The summed E-state index contributed by atoms with van der Waals surface area (Å²) >= 11 is 0. The Balaban J connectivity index is 1.76. The van der Waals surface area contributed by atoms with E-state index < -0.39 is 0 Å². The number of nitrogens with one attached hydrogen (secondary N) is 1. The van der Waals surface area contributed by atoms with Gasteiger partial charge in [-0.15, -0.1) is 0 Å². The summed E-state index contributed by atoms with van der Waals surface area (Å²) in [5.41, 5.74) is 2.45. The van der Waals surface area contributed by atoms with E-state index in [1.54, 1.807) is 7.11 Å².